The van der Waals surface area contributed by atoms with E-state index in [-0.39, 0.29) is 11.8 Å². The van der Waals surface area contributed by atoms with Crippen LogP contribution in [0.2, 0.25) is 0 Å². The second kappa shape index (κ2) is 5.46. The van der Waals surface area contributed by atoms with Crippen LogP contribution in [0.1, 0.15) is 23.6 Å². The van der Waals surface area contributed by atoms with Crippen LogP contribution in [0.4, 0.5) is 0 Å². The molecular formula is C12H19NO2S. The van der Waals surface area contributed by atoms with Gasteiger partial charge in [0.15, 0.2) is 0 Å². The van der Waals surface area contributed by atoms with Gasteiger partial charge in [-0.25, -0.2) is 8.42 Å². The number of benzene rings is 1. The third-order valence-electron chi connectivity index (χ3n) is 2.69. The van der Waals surface area contributed by atoms with Crippen molar-refractivity contribution in [2.24, 2.45) is 0 Å². The maximum Gasteiger partial charge on any atom is 0.147 e. The highest BCUT2D eigenvalue weighted by molar-refractivity contribution is 7.90. The average Bonchev–Trinajstić information content (AvgIpc) is 2.20. The molecule has 90 valence electrons. The van der Waals surface area contributed by atoms with E-state index in [1.807, 2.05) is 38.2 Å². The molecule has 0 heterocycles. The second-order valence-electron chi connectivity index (χ2n) is 4.12. The third kappa shape index (κ3) is 3.94. The zero-order valence-corrected chi connectivity index (χ0v) is 10.8. The lowest BCUT2D eigenvalue weighted by Gasteiger charge is -2.18. The summed E-state index contributed by atoms with van der Waals surface area (Å²) in [4.78, 5) is 0. The summed E-state index contributed by atoms with van der Waals surface area (Å²) >= 11 is 0. The molecule has 1 rings (SSSR count). The predicted octanol–water partition coefficient (Wildman–Crippen LogP) is 1.69. The first kappa shape index (κ1) is 13.2. The van der Waals surface area contributed by atoms with Gasteiger partial charge in [0.25, 0.3) is 0 Å². The van der Waals surface area contributed by atoms with Crippen LogP contribution in [0.3, 0.4) is 0 Å². The largest absolute Gasteiger partial charge is 0.313 e. The van der Waals surface area contributed by atoms with Crippen molar-refractivity contribution in [3.05, 3.63) is 35.4 Å². The predicted molar refractivity (Wildman–Crippen MR) is 67.3 cm³/mol. The van der Waals surface area contributed by atoms with Crippen molar-refractivity contribution in [2.75, 3.05) is 19.1 Å². The van der Waals surface area contributed by atoms with Crippen LogP contribution in [0.5, 0.6) is 0 Å². The molecule has 0 fully saturated rings. The zero-order valence-electron chi connectivity index (χ0n) is 10.0. The lowest BCUT2D eigenvalue weighted by atomic mass is 10.00. The molecule has 0 aromatic heterocycles. The van der Waals surface area contributed by atoms with Gasteiger partial charge in [0, 0.05) is 12.3 Å². The van der Waals surface area contributed by atoms with E-state index in [9.17, 15) is 8.42 Å². The van der Waals surface area contributed by atoms with E-state index in [2.05, 4.69) is 5.32 Å². The number of hydrogen-bond acceptors (Lipinski definition) is 3. The van der Waals surface area contributed by atoms with Gasteiger partial charge in [-0.3, -0.25) is 0 Å². The highest BCUT2D eigenvalue weighted by atomic mass is 32.2. The molecule has 3 nitrogen and oxygen atoms in total. The first-order valence-electron chi connectivity index (χ1n) is 5.34. The molecule has 0 spiro atoms. The van der Waals surface area contributed by atoms with Gasteiger partial charge in [-0.15, -0.1) is 0 Å². The van der Waals surface area contributed by atoms with Crippen LogP contribution in [0.15, 0.2) is 24.3 Å². The van der Waals surface area contributed by atoms with Gasteiger partial charge in [-0.2, -0.15) is 0 Å². The summed E-state index contributed by atoms with van der Waals surface area (Å²) in [5.74, 6) is 0.215. The molecule has 1 aromatic rings. The van der Waals surface area contributed by atoms with Crippen LogP contribution < -0.4 is 5.32 Å². The first-order chi connectivity index (χ1) is 7.44. The zero-order chi connectivity index (χ0) is 12.2. The third-order valence-corrected chi connectivity index (χ3v) is 3.67. The Morgan fingerprint density at radius 3 is 2.44 bits per heavy atom. The maximum atomic E-state index is 11.1. The minimum atomic E-state index is -2.89. The van der Waals surface area contributed by atoms with Gasteiger partial charge >= 0.3 is 0 Å². The molecule has 1 aromatic carbocycles. The summed E-state index contributed by atoms with van der Waals surface area (Å²) in [5.41, 5.74) is 2.36. The van der Waals surface area contributed by atoms with Crippen molar-refractivity contribution < 1.29 is 8.42 Å². The Bertz CT molecular complexity index is 440. The minimum Gasteiger partial charge on any atom is -0.313 e. The fourth-order valence-electron chi connectivity index (χ4n) is 1.77. The van der Waals surface area contributed by atoms with E-state index in [4.69, 9.17) is 0 Å². The topological polar surface area (TPSA) is 46.2 Å². The van der Waals surface area contributed by atoms with E-state index in [1.54, 1.807) is 0 Å². The summed E-state index contributed by atoms with van der Waals surface area (Å²) in [6, 6.07) is 8.16. The fourth-order valence-corrected chi connectivity index (χ4v) is 2.43. The standard InChI is InChI=1S/C12H19NO2S/c1-10-6-4-5-7-11(10)12(13-2)8-9-16(3,14)15/h4-7,12-13H,8-9H2,1-3H3. The Morgan fingerprint density at radius 1 is 1.31 bits per heavy atom. The molecule has 1 N–H and O–H groups in total. The van der Waals surface area contributed by atoms with Gasteiger partial charge in [0.2, 0.25) is 0 Å². The monoisotopic (exact) mass is 241 g/mol. The highest BCUT2D eigenvalue weighted by Gasteiger charge is 2.13. The van der Waals surface area contributed by atoms with Gasteiger partial charge in [0.1, 0.15) is 9.84 Å². The molecule has 1 atom stereocenters. The van der Waals surface area contributed by atoms with Crippen LogP contribution in [-0.2, 0) is 9.84 Å². The van der Waals surface area contributed by atoms with E-state index >= 15 is 0 Å². The fraction of sp³-hybridized carbons (Fsp3) is 0.500. The number of sulfone groups is 1. The van der Waals surface area contributed by atoms with Crippen molar-refractivity contribution in [3.63, 3.8) is 0 Å². The van der Waals surface area contributed by atoms with Crippen molar-refractivity contribution >= 4 is 9.84 Å². The summed E-state index contributed by atoms with van der Waals surface area (Å²) in [6.07, 6.45) is 1.89. The van der Waals surface area contributed by atoms with Crippen molar-refractivity contribution in [3.8, 4) is 0 Å². The molecule has 1 unspecified atom stereocenters. The molecule has 4 heteroatoms. The summed E-state index contributed by atoms with van der Waals surface area (Å²) in [7, 11) is -1.03. The van der Waals surface area contributed by atoms with E-state index in [0.717, 1.165) is 0 Å². The Morgan fingerprint density at radius 2 is 1.94 bits per heavy atom. The number of rotatable bonds is 5. The first-order valence-corrected chi connectivity index (χ1v) is 7.40. The molecule has 0 saturated carbocycles. The molecule has 0 aliphatic carbocycles. The SMILES string of the molecule is CNC(CCS(C)(=O)=O)c1ccccc1C. The minimum absolute atomic E-state index is 0.107. The van der Waals surface area contributed by atoms with Crippen molar-refractivity contribution in [2.45, 2.75) is 19.4 Å². The number of hydrogen-bond donors (Lipinski definition) is 1. The summed E-state index contributed by atoms with van der Waals surface area (Å²) in [6.45, 7) is 2.04. The van der Waals surface area contributed by atoms with Crippen LogP contribution in [0, 0.1) is 6.92 Å². The second-order valence-corrected chi connectivity index (χ2v) is 6.38. The summed E-state index contributed by atoms with van der Waals surface area (Å²) < 4.78 is 22.3. The van der Waals surface area contributed by atoms with Crippen LogP contribution in [-0.4, -0.2) is 27.5 Å². The average molecular weight is 241 g/mol. The molecule has 0 aliphatic heterocycles. The molecular weight excluding hydrogens is 222 g/mol. The number of nitrogens with one attached hydrogen (secondary N) is 1. The molecule has 0 amide bonds. The van der Waals surface area contributed by atoms with Gasteiger partial charge in [0.05, 0.1) is 5.75 Å². The highest BCUT2D eigenvalue weighted by Crippen LogP contribution is 2.20. The van der Waals surface area contributed by atoms with Gasteiger partial charge < -0.3 is 5.32 Å². The number of aryl methyl sites for hydroxylation is 1. The van der Waals surface area contributed by atoms with Crippen molar-refractivity contribution in [1.29, 1.82) is 0 Å². The van der Waals surface area contributed by atoms with Gasteiger partial charge in [-0.05, 0) is 31.5 Å². The molecule has 0 saturated heterocycles. The Kier molecular flexibility index (Phi) is 4.50. The Labute approximate surface area is 97.8 Å². The van der Waals surface area contributed by atoms with E-state index in [0.29, 0.717) is 6.42 Å². The molecule has 16 heavy (non-hydrogen) atoms. The van der Waals surface area contributed by atoms with Crippen LogP contribution in [0.25, 0.3) is 0 Å². The maximum absolute atomic E-state index is 11.1. The van der Waals surface area contributed by atoms with Gasteiger partial charge in [-0.1, -0.05) is 24.3 Å². The smallest absolute Gasteiger partial charge is 0.147 e. The Hall–Kier alpha value is -0.870. The molecule has 0 aliphatic rings. The quantitative estimate of drug-likeness (QED) is 0.853. The normalized spacial score (nSPS) is 13.7. The van der Waals surface area contributed by atoms with E-state index in [1.165, 1.54) is 17.4 Å². The Balaban J connectivity index is 2.79. The van der Waals surface area contributed by atoms with E-state index < -0.39 is 9.84 Å². The molecule has 0 bridgehead atoms. The van der Waals surface area contributed by atoms with Crippen molar-refractivity contribution in [1.82, 2.24) is 5.32 Å². The molecule has 0 radical (unpaired) electrons. The summed E-state index contributed by atoms with van der Waals surface area (Å²) in [5, 5.41) is 3.17. The lowest BCUT2D eigenvalue weighted by Crippen LogP contribution is -2.20. The van der Waals surface area contributed by atoms with Crippen LogP contribution >= 0.6 is 0 Å². The lowest BCUT2D eigenvalue weighted by molar-refractivity contribution is 0.557.